The maximum absolute atomic E-state index is 13.1. The molecule has 1 saturated heterocycles. The minimum Gasteiger partial charge on any atom is -0.529 e. The van der Waals surface area contributed by atoms with Gasteiger partial charge in [0.15, 0.2) is 5.78 Å². The highest BCUT2D eigenvalue weighted by atomic mass is 28.3. The Morgan fingerprint density at radius 3 is 2.51 bits per heavy atom. The maximum Gasteiger partial charge on any atom is 0.410 e. The molecule has 186 valence electrons. The molecule has 0 bridgehead atoms. The number of likely N-dealkylation sites (tertiary alicyclic amines) is 1. The Bertz CT molecular complexity index is 1080. The van der Waals surface area contributed by atoms with Crippen LogP contribution in [0.15, 0.2) is 60.2 Å². The first kappa shape index (κ1) is 25.2. The first-order chi connectivity index (χ1) is 16.7. The van der Waals surface area contributed by atoms with Crippen molar-refractivity contribution in [2.45, 2.75) is 58.2 Å². The highest BCUT2D eigenvalue weighted by molar-refractivity contribution is 6.60. The van der Waals surface area contributed by atoms with E-state index in [-0.39, 0.29) is 16.9 Å². The van der Waals surface area contributed by atoms with E-state index < -0.39 is 8.80 Å². The lowest BCUT2D eigenvalue weighted by atomic mass is 9.93. The van der Waals surface area contributed by atoms with Crippen LogP contribution in [0.4, 0.5) is 4.79 Å². The molecule has 0 aromatic heterocycles. The molecule has 2 aromatic rings. The van der Waals surface area contributed by atoms with E-state index >= 15 is 0 Å². The molecule has 1 aliphatic heterocycles. The summed E-state index contributed by atoms with van der Waals surface area (Å²) in [5.74, 6) is 1.21. The van der Waals surface area contributed by atoms with Crippen molar-refractivity contribution in [1.29, 1.82) is 0 Å². The van der Waals surface area contributed by atoms with Crippen LogP contribution in [-0.4, -0.2) is 44.9 Å². The van der Waals surface area contributed by atoms with Gasteiger partial charge in [0, 0.05) is 30.6 Å². The standard InChI is InChI=1S/C29H36NO4Si/c1-29(2,3)35(4)20-34-25-11-10-23-17-24(27(31)26(23)18-25)16-21-12-14-30(15-13-21)28(32)33-19-22-8-6-5-7-9-22/h5-11,16,18,21H,12-15,17,19-20H2,1-4H3/q-1/b24-16+. The summed E-state index contributed by atoms with van der Waals surface area (Å²) in [5.41, 5.74) is 3.71. The van der Waals surface area contributed by atoms with Crippen LogP contribution in [-0.2, 0) is 17.8 Å². The number of amides is 1. The van der Waals surface area contributed by atoms with Gasteiger partial charge >= 0.3 is 6.09 Å². The summed E-state index contributed by atoms with van der Waals surface area (Å²) in [6.07, 6.45) is 4.98. The fourth-order valence-electron chi connectivity index (χ4n) is 4.36. The normalized spacial score (nSPS) is 17.7. The maximum atomic E-state index is 13.1. The van der Waals surface area contributed by atoms with E-state index in [1.54, 1.807) is 4.90 Å². The summed E-state index contributed by atoms with van der Waals surface area (Å²) in [4.78, 5) is 27.3. The van der Waals surface area contributed by atoms with Crippen molar-refractivity contribution >= 4 is 20.7 Å². The Hall–Kier alpha value is -2.86. The van der Waals surface area contributed by atoms with Crippen molar-refractivity contribution in [2.75, 3.05) is 19.3 Å². The van der Waals surface area contributed by atoms with Gasteiger partial charge in [0.2, 0.25) is 0 Å². The van der Waals surface area contributed by atoms with Crippen LogP contribution in [0.2, 0.25) is 11.6 Å². The molecular formula is C29H36NO4Si-. The number of fused-ring (bicyclic) bond motifs is 1. The van der Waals surface area contributed by atoms with Gasteiger partial charge in [-0.3, -0.25) is 4.79 Å². The molecular weight excluding hydrogens is 454 g/mol. The third-order valence-electron chi connectivity index (χ3n) is 7.17. The van der Waals surface area contributed by atoms with E-state index in [2.05, 4.69) is 33.4 Å². The predicted molar refractivity (Wildman–Crippen MR) is 140 cm³/mol. The van der Waals surface area contributed by atoms with Crippen LogP contribution in [0.5, 0.6) is 5.75 Å². The van der Waals surface area contributed by atoms with Gasteiger partial charge in [-0.2, -0.15) is 11.6 Å². The van der Waals surface area contributed by atoms with E-state index in [0.717, 1.165) is 47.1 Å². The van der Waals surface area contributed by atoms with Crippen LogP contribution < -0.4 is 4.74 Å². The second-order valence-electron chi connectivity index (χ2n) is 10.7. The van der Waals surface area contributed by atoms with Crippen molar-refractivity contribution in [3.63, 3.8) is 0 Å². The van der Waals surface area contributed by atoms with Gasteiger partial charge in [0.25, 0.3) is 0 Å². The average Bonchev–Trinajstić information content (AvgIpc) is 3.16. The highest BCUT2D eigenvalue weighted by Gasteiger charge is 2.28. The van der Waals surface area contributed by atoms with Crippen LogP contribution in [0.25, 0.3) is 0 Å². The van der Waals surface area contributed by atoms with E-state index in [0.29, 0.717) is 32.0 Å². The fourth-order valence-corrected chi connectivity index (χ4v) is 5.17. The van der Waals surface area contributed by atoms with Gasteiger partial charge in [-0.15, -0.1) is 0 Å². The minimum atomic E-state index is -0.643. The molecule has 0 atom stereocenters. The molecule has 6 heteroatoms. The molecule has 1 amide bonds. The number of nitrogens with zero attached hydrogens (tertiary/aromatic N) is 1. The van der Waals surface area contributed by atoms with Gasteiger partial charge in [-0.1, -0.05) is 63.2 Å². The summed E-state index contributed by atoms with van der Waals surface area (Å²) < 4.78 is 11.5. The van der Waals surface area contributed by atoms with Gasteiger partial charge in [0.05, 0.1) is 0 Å². The number of ether oxygens (including phenoxy) is 2. The third-order valence-corrected chi connectivity index (χ3v) is 10.3. The Morgan fingerprint density at radius 1 is 1.11 bits per heavy atom. The van der Waals surface area contributed by atoms with Crippen molar-refractivity contribution in [2.24, 2.45) is 5.92 Å². The smallest absolute Gasteiger partial charge is 0.410 e. The van der Waals surface area contributed by atoms with Crippen molar-refractivity contribution < 1.29 is 19.1 Å². The summed E-state index contributed by atoms with van der Waals surface area (Å²) in [6, 6.07) is 15.7. The first-order valence-corrected chi connectivity index (χ1v) is 14.7. The average molecular weight is 491 g/mol. The number of allylic oxidation sites excluding steroid dienone is 2. The molecule has 5 nitrogen and oxygen atoms in total. The van der Waals surface area contributed by atoms with Crippen LogP contribution in [0.1, 0.15) is 55.1 Å². The SMILES string of the molecule is C[Si-](COc1ccc2c(c1)C(=O)/C(=C/C1CCN(C(=O)OCc3ccccc3)CC1)C2)C(C)(C)C. The third kappa shape index (κ3) is 6.43. The number of benzene rings is 2. The molecule has 1 fully saturated rings. The van der Waals surface area contributed by atoms with E-state index in [1.165, 1.54) is 0 Å². The zero-order valence-electron chi connectivity index (χ0n) is 21.3. The van der Waals surface area contributed by atoms with Gasteiger partial charge in [0.1, 0.15) is 12.4 Å². The molecule has 4 rings (SSSR count). The number of carbonyl (C=O) groups excluding carboxylic acids is 2. The van der Waals surface area contributed by atoms with Crippen LogP contribution in [0, 0.1) is 5.92 Å². The van der Waals surface area contributed by atoms with Crippen molar-refractivity contribution in [3.05, 3.63) is 76.9 Å². The number of ketones is 1. The van der Waals surface area contributed by atoms with E-state index in [4.69, 9.17) is 9.47 Å². The quantitative estimate of drug-likeness (QED) is 0.355. The lowest BCUT2D eigenvalue weighted by Gasteiger charge is -2.39. The largest absolute Gasteiger partial charge is 0.529 e. The summed E-state index contributed by atoms with van der Waals surface area (Å²) >= 11 is 0. The zero-order valence-corrected chi connectivity index (χ0v) is 22.3. The number of Topliss-reactive ketones (excluding diaryl/α,β-unsaturated/α-hetero) is 1. The van der Waals surface area contributed by atoms with Crippen LogP contribution >= 0.6 is 0 Å². The Kier molecular flexibility index (Phi) is 7.80. The zero-order chi connectivity index (χ0) is 25.0. The molecule has 0 N–H and O–H groups in total. The lowest BCUT2D eigenvalue weighted by Crippen LogP contribution is -2.38. The van der Waals surface area contributed by atoms with Gasteiger partial charge in [-0.05, 0) is 48.2 Å². The molecule has 1 heterocycles. The number of hydrogen-bond acceptors (Lipinski definition) is 4. The topological polar surface area (TPSA) is 55.8 Å². The molecule has 2 aromatic carbocycles. The van der Waals surface area contributed by atoms with Crippen molar-refractivity contribution in [3.8, 4) is 5.75 Å². The second-order valence-corrected chi connectivity index (χ2v) is 14.0. The fraction of sp³-hybridized carbons (Fsp3) is 0.448. The Morgan fingerprint density at radius 2 is 1.83 bits per heavy atom. The molecule has 2 aliphatic rings. The molecule has 0 saturated carbocycles. The lowest BCUT2D eigenvalue weighted by molar-refractivity contribution is 0.0852. The molecule has 0 radical (unpaired) electrons. The Balaban J connectivity index is 1.29. The number of carbonyl (C=O) groups is 2. The summed E-state index contributed by atoms with van der Waals surface area (Å²) in [5, 5.41) is 0.279. The monoisotopic (exact) mass is 490 g/mol. The van der Waals surface area contributed by atoms with Crippen LogP contribution in [0.3, 0.4) is 0 Å². The first-order valence-electron chi connectivity index (χ1n) is 12.5. The van der Waals surface area contributed by atoms with E-state index in [9.17, 15) is 9.59 Å². The highest BCUT2D eigenvalue weighted by Crippen LogP contribution is 2.33. The van der Waals surface area contributed by atoms with Gasteiger partial charge in [-0.25, -0.2) is 13.6 Å². The summed E-state index contributed by atoms with van der Waals surface area (Å²) in [7, 11) is -0.643. The number of hydrogen-bond donors (Lipinski definition) is 0. The number of piperidine rings is 1. The molecule has 35 heavy (non-hydrogen) atoms. The minimum absolute atomic E-state index is 0.119. The van der Waals surface area contributed by atoms with E-state index in [1.807, 2.05) is 48.5 Å². The van der Waals surface area contributed by atoms with Crippen molar-refractivity contribution in [1.82, 2.24) is 4.90 Å². The van der Waals surface area contributed by atoms with Gasteiger partial charge < -0.3 is 14.4 Å². The Labute approximate surface area is 210 Å². The number of rotatable bonds is 6. The molecule has 0 spiro atoms. The summed E-state index contributed by atoms with van der Waals surface area (Å²) in [6.45, 7) is 10.6. The molecule has 1 aliphatic carbocycles. The second kappa shape index (κ2) is 10.8. The molecule has 0 unspecified atom stereocenters. The predicted octanol–water partition coefficient (Wildman–Crippen LogP) is 6.24.